The van der Waals surface area contributed by atoms with E-state index in [4.69, 9.17) is 0 Å². The van der Waals surface area contributed by atoms with Crippen molar-refractivity contribution in [3.8, 4) is 0 Å². The summed E-state index contributed by atoms with van der Waals surface area (Å²) in [6, 6.07) is 11.1. The lowest BCUT2D eigenvalue weighted by Gasteiger charge is -2.12. The first-order chi connectivity index (χ1) is 9.06. The van der Waals surface area contributed by atoms with Crippen LogP contribution in [0.2, 0.25) is 0 Å². The zero-order chi connectivity index (χ0) is 13.8. The molecular weight excluding hydrogens is 237 g/mol. The Morgan fingerprint density at radius 3 is 2.05 bits per heavy atom. The summed E-state index contributed by atoms with van der Waals surface area (Å²) < 4.78 is 12.8. The third-order valence-corrected chi connectivity index (χ3v) is 3.38. The number of halogens is 1. The van der Waals surface area contributed by atoms with Crippen molar-refractivity contribution in [1.29, 1.82) is 0 Å². The van der Waals surface area contributed by atoms with Crippen molar-refractivity contribution in [3.05, 3.63) is 70.0 Å². The maximum atomic E-state index is 12.8. The molecule has 0 atom stereocenters. The van der Waals surface area contributed by atoms with E-state index in [-0.39, 0.29) is 5.82 Å². The molecule has 0 aromatic heterocycles. The minimum atomic E-state index is -0.186. The minimum absolute atomic E-state index is 0.186. The first-order valence-corrected chi connectivity index (χ1v) is 6.58. The Bertz CT molecular complexity index is 535. The molecular formula is C17H20FN. The number of hydrogen-bond donors (Lipinski definition) is 1. The van der Waals surface area contributed by atoms with Crippen LogP contribution < -0.4 is 5.32 Å². The molecule has 0 fully saturated rings. The van der Waals surface area contributed by atoms with Crippen molar-refractivity contribution in [1.82, 2.24) is 5.32 Å². The molecule has 0 bridgehead atoms. The lowest BCUT2D eigenvalue weighted by atomic mass is 10.00. The highest BCUT2D eigenvalue weighted by Gasteiger charge is 2.03. The van der Waals surface area contributed by atoms with Gasteiger partial charge in [0.05, 0.1) is 0 Å². The molecule has 0 aliphatic carbocycles. The highest BCUT2D eigenvalue weighted by Crippen LogP contribution is 2.16. The van der Waals surface area contributed by atoms with E-state index in [9.17, 15) is 4.39 Å². The van der Waals surface area contributed by atoms with Gasteiger partial charge in [-0.1, -0.05) is 29.8 Å². The summed E-state index contributed by atoms with van der Waals surface area (Å²) in [5.74, 6) is -0.186. The molecule has 0 saturated heterocycles. The second kappa shape index (κ2) is 5.98. The Morgan fingerprint density at radius 1 is 0.895 bits per heavy atom. The van der Waals surface area contributed by atoms with Gasteiger partial charge in [-0.3, -0.25) is 0 Å². The Kier molecular flexibility index (Phi) is 4.33. The van der Waals surface area contributed by atoms with Crippen LogP contribution in [0, 0.1) is 26.6 Å². The fourth-order valence-corrected chi connectivity index (χ4v) is 2.42. The second-order valence-electron chi connectivity index (χ2n) is 5.11. The number of aryl methyl sites for hydroxylation is 3. The molecule has 2 heteroatoms. The van der Waals surface area contributed by atoms with Gasteiger partial charge < -0.3 is 5.32 Å². The van der Waals surface area contributed by atoms with Crippen LogP contribution in [0.3, 0.4) is 0 Å². The van der Waals surface area contributed by atoms with Gasteiger partial charge in [-0.05, 0) is 55.2 Å². The van der Waals surface area contributed by atoms with Gasteiger partial charge in [0.2, 0.25) is 0 Å². The summed E-state index contributed by atoms with van der Waals surface area (Å²) in [7, 11) is 0. The Hall–Kier alpha value is -1.67. The van der Waals surface area contributed by atoms with Crippen LogP contribution in [-0.4, -0.2) is 0 Å². The van der Waals surface area contributed by atoms with Crippen molar-refractivity contribution in [3.63, 3.8) is 0 Å². The molecule has 1 N–H and O–H groups in total. The summed E-state index contributed by atoms with van der Waals surface area (Å²) in [6.07, 6.45) is 0. The third kappa shape index (κ3) is 3.65. The van der Waals surface area contributed by atoms with Crippen LogP contribution in [0.5, 0.6) is 0 Å². The Balaban J connectivity index is 1.98. The predicted octanol–water partition coefficient (Wildman–Crippen LogP) is 4.04. The maximum Gasteiger partial charge on any atom is 0.123 e. The normalized spacial score (nSPS) is 10.7. The average Bonchev–Trinajstić information content (AvgIpc) is 2.34. The quantitative estimate of drug-likeness (QED) is 0.871. The number of benzene rings is 2. The number of nitrogens with one attached hydrogen (secondary N) is 1. The molecule has 100 valence electrons. The largest absolute Gasteiger partial charge is 0.309 e. The van der Waals surface area contributed by atoms with Gasteiger partial charge in [-0.2, -0.15) is 0 Å². The highest BCUT2D eigenvalue weighted by atomic mass is 19.1. The zero-order valence-electron chi connectivity index (χ0n) is 11.8. The fourth-order valence-electron chi connectivity index (χ4n) is 2.42. The highest BCUT2D eigenvalue weighted by molar-refractivity contribution is 5.37. The minimum Gasteiger partial charge on any atom is -0.309 e. The molecule has 0 spiro atoms. The Labute approximate surface area is 114 Å². The van der Waals surface area contributed by atoms with E-state index in [0.29, 0.717) is 0 Å². The van der Waals surface area contributed by atoms with E-state index < -0.39 is 0 Å². The molecule has 0 saturated carbocycles. The number of rotatable bonds is 4. The third-order valence-electron chi connectivity index (χ3n) is 3.38. The van der Waals surface area contributed by atoms with Gasteiger partial charge in [0, 0.05) is 13.1 Å². The van der Waals surface area contributed by atoms with Crippen LogP contribution in [0.25, 0.3) is 0 Å². The van der Waals surface area contributed by atoms with Crippen LogP contribution in [0.4, 0.5) is 4.39 Å². The first kappa shape index (κ1) is 13.8. The van der Waals surface area contributed by atoms with E-state index in [1.54, 1.807) is 0 Å². The van der Waals surface area contributed by atoms with Crippen LogP contribution in [0.1, 0.15) is 27.8 Å². The van der Waals surface area contributed by atoms with Gasteiger partial charge in [0.15, 0.2) is 0 Å². The summed E-state index contributed by atoms with van der Waals surface area (Å²) in [6.45, 7) is 8.02. The lowest BCUT2D eigenvalue weighted by molar-refractivity contribution is 0.624. The van der Waals surface area contributed by atoms with Crippen molar-refractivity contribution < 1.29 is 4.39 Å². The monoisotopic (exact) mass is 257 g/mol. The summed E-state index contributed by atoms with van der Waals surface area (Å²) in [5.41, 5.74) is 6.40. The molecule has 0 aliphatic heterocycles. The Morgan fingerprint density at radius 2 is 1.47 bits per heavy atom. The van der Waals surface area contributed by atoms with Crippen molar-refractivity contribution in [2.45, 2.75) is 33.9 Å². The molecule has 19 heavy (non-hydrogen) atoms. The molecule has 0 unspecified atom stereocenters. The first-order valence-electron chi connectivity index (χ1n) is 6.58. The topological polar surface area (TPSA) is 12.0 Å². The molecule has 0 radical (unpaired) electrons. The van der Waals surface area contributed by atoms with Crippen LogP contribution in [-0.2, 0) is 13.1 Å². The number of hydrogen-bond acceptors (Lipinski definition) is 1. The van der Waals surface area contributed by atoms with Crippen molar-refractivity contribution in [2.24, 2.45) is 0 Å². The molecule has 2 aromatic rings. The molecule has 0 amide bonds. The van der Waals surface area contributed by atoms with Gasteiger partial charge in [-0.25, -0.2) is 4.39 Å². The molecule has 2 rings (SSSR count). The van der Waals surface area contributed by atoms with Crippen molar-refractivity contribution in [2.75, 3.05) is 0 Å². The maximum absolute atomic E-state index is 12.8. The summed E-state index contributed by atoms with van der Waals surface area (Å²) in [5, 5.41) is 3.42. The van der Waals surface area contributed by atoms with Gasteiger partial charge in [-0.15, -0.1) is 0 Å². The lowest BCUT2D eigenvalue weighted by Crippen LogP contribution is -2.14. The molecule has 2 aromatic carbocycles. The van der Waals surface area contributed by atoms with E-state index in [1.807, 2.05) is 12.1 Å². The van der Waals surface area contributed by atoms with E-state index in [2.05, 4.69) is 38.2 Å². The van der Waals surface area contributed by atoms with Crippen LogP contribution in [0.15, 0.2) is 36.4 Å². The SMILES string of the molecule is Cc1cc(C)c(CNCc2ccc(F)cc2)c(C)c1. The summed E-state index contributed by atoms with van der Waals surface area (Å²) >= 11 is 0. The standard InChI is InChI=1S/C17H20FN/c1-12-8-13(2)17(14(3)9-12)11-19-10-15-4-6-16(18)7-5-15/h4-9,19H,10-11H2,1-3H3. The summed E-state index contributed by atoms with van der Waals surface area (Å²) in [4.78, 5) is 0. The molecule has 0 aliphatic rings. The van der Waals surface area contributed by atoms with E-state index in [0.717, 1.165) is 18.7 Å². The van der Waals surface area contributed by atoms with Gasteiger partial charge in [0.25, 0.3) is 0 Å². The second-order valence-corrected chi connectivity index (χ2v) is 5.11. The zero-order valence-corrected chi connectivity index (χ0v) is 11.8. The fraction of sp³-hybridized carbons (Fsp3) is 0.294. The van der Waals surface area contributed by atoms with Gasteiger partial charge in [0.1, 0.15) is 5.82 Å². The molecule has 1 nitrogen and oxygen atoms in total. The van der Waals surface area contributed by atoms with E-state index >= 15 is 0 Å². The molecule has 0 heterocycles. The van der Waals surface area contributed by atoms with Gasteiger partial charge >= 0.3 is 0 Å². The van der Waals surface area contributed by atoms with Crippen molar-refractivity contribution >= 4 is 0 Å². The average molecular weight is 257 g/mol. The van der Waals surface area contributed by atoms with Crippen LogP contribution >= 0.6 is 0 Å². The smallest absolute Gasteiger partial charge is 0.123 e. The predicted molar refractivity (Wildman–Crippen MR) is 77.6 cm³/mol. The van der Waals surface area contributed by atoms with E-state index in [1.165, 1.54) is 34.4 Å².